The summed E-state index contributed by atoms with van der Waals surface area (Å²) < 4.78 is 22.1. The van der Waals surface area contributed by atoms with Crippen LogP contribution in [0.4, 0.5) is 0 Å². The quantitative estimate of drug-likeness (QED) is 0.179. The summed E-state index contributed by atoms with van der Waals surface area (Å²) in [5.74, 6) is -1.44. The van der Waals surface area contributed by atoms with Gasteiger partial charge in [-0.15, -0.1) is 11.8 Å². The first kappa shape index (κ1) is 25.3. The molecule has 0 N–H and O–H groups in total. The van der Waals surface area contributed by atoms with Crippen molar-refractivity contribution in [3.05, 3.63) is 52.4 Å². The van der Waals surface area contributed by atoms with Crippen LogP contribution >= 0.6 is 11.8 Å². The van der Waals surface area contributed by atoms with Gasteiger partial charge in [0.1, 0.15) is 11.5 Å². The summed E-state index contributed by atoms with van der Waals surface area (Å²) in [5, 5.41) is 3.52. The Bertz CT molecular complexity index is 873. The van der Waals surface area contributed by atoms with Crippen molar-refractivity contribution in [2.24, 2.45) is 5.11 Å². The lowest BCUT2D eigenvalue weighted by Crippen LogP contribution is -2.61. The molecule has 0 aliphatic carbocycles. The number of carbonyl (C=O) groups is 3. The fourth-order valence-corrected chi connectivity index (χ4v) is 4.17. The smallest absolute Gasteiger partial charge is 0.303 e. The molecule has 11 heteroatoms. The average molecular weight is 464 g/mol. The highest BCUT2D eigenvalue weighted by atomic mass is 32.2. The summed E-state index contributed by atoms with van der Waals surface area (Å²) in [6, 6.07) is 9.68. The number of azide groups is 1. The Morgan fingerprint density at radius 1 is 1.03 bits per heavy atom. The molecule has 0 saturated carbocycles. The van der Waals surface area contributed by atoms with Crippen LogP contribution in [0.3, 0.4) is 0 Å². The topological polar surface area (TPSA) is 137 Å². The minimum Gasteiger partial charge on any atom is -0.456 e. The first-order valence-electron chi connectivity index (χ1n) is 9.83. The van der Waals surface area contributed by atoms with Crippen molar-refractivity contribution in [3.63, 3.8) is 0 Å². The van der Waals surface area contributed by atoms with E-state index in [4.69, 9.17) is 24.5 Å². The number of nitrogens with zero attached hydrogens (tertiary/aromatic N) is 3. The Morgan fingerprint density at radius 3 is 2.22 bits per heavy atom. The molecule has 1 aromatic carbocycles. The molecule has 10 nitrogen and oxygen atoms in total. The normalized spacial score (nSPS) is 24.9. The minimum atomic E-state index is -1.14. The molecule has 0 amide bonds. The second-order valence-corrected chi connectivity index (χ2v) is 7.96. The lowest BCUT2D eigenvalue weighted by atomic mass is 9.99. The maximum atomic E-state index is 11.8. The number of hydrogen-bond donors (Lipinski definition) is 0. The third-order valence-electron chi connectivity index (χ3n) is 4.29. The van der Waals surface area contributed by atoms with Crippen molar-refractivity contribution in [1.82, 2.24) is 0 Å². The summed E-state index contributed by atoms with van der Waals surface area (Å²) in [7, 11) is 0. The number of hydrogen-bond acceptors (Lipinski definition) is 9. The zero-order chi connectivity index (χ0) is 23.5. The van der Waals surface area contributed by atoms with Crippen LogP contribution in [0.25, 0.3) is 16.5 Å². The van der Waals surface area contributed by atoms with Gasteiger partial charge in [0.05, 0.1) is 6.54 Å². The van der Waals surface area contributed by atoms with Crippen molar-refractivity contribution < 1.29 is 33.3 Å². The van der Waals surface area contributed by atoms with Gasteiger partial charge in [0.25, 0.3) is 0 Å². The molecule has 1 aromatic rings. The fraction of sp³-hybridized carbons (Fsp3) is 0.476. The molecular weight excluding hydrogens is 438 g/mol. The van der Waals surface area contributed by atoms with E-state index >= 15 is 0 Å². The van der Waals surface area contributed by atoms with Crippen molar-refractivity contribution in [1.29, 1.82) is 0 Å². The molecule has 1 aliphatic heterocycles. The van der Waals surface area contributed by atoms with Crippen molar-refractivity contribution in [2.75, 3.05) is 12.3 Å². The summed E-state index contributed by atoms with van der Waals surface area (Å²) in [4.78, 5) is 37.9. The second kappa shape index (κ2) is 12.7. The van der Waals surface area contributed by atoms with E-state index in [0.717, 1.165) is 5.56 Å². The largest absolute Gasteiger partial charge is 0.456 e. The van der Waals surface area contributed by atoms with E-state index in [1.165, 1.54) is 32.5 Å². The number of benzene rings is 1. The lowest BCUT2D eigenvalue weighted by molar-refractivity contribution is -0.230. The molecule has 0 radical (unpaired) electrons. The Balaban J connectivity index is 2.28. The van der Waals surface area contributed by atoms with Crippen LogP contribution in [0.1, 0.15) is 26.3 Å². The summed E-state index contributed by atoms with van der Waals surface area (Å²) in [6.07, 6.45) is -0.360. The van der Waals surface area contributed by atoms with Gasteiger partial charge in [-0.2, -0.15) is 0 Å². The number of esters is 3. The SMILES string of the molecule is CC(=O)O[C@@H]1[C@H](OC(C)=O)[C@@H](SCC=Cc2ccccc2)O[C@H](CN=[N+]=[N-])[C@H]1OC(C)=O. The van der Waals surface area contributed by atoms with Gasteiger partial charge in [-0.1, -0.05) is 47.6 Å². The summed E-state index contributed by atoms with van der Waals surface area (Å²) in [5.41, 5.74) is 8.97. The van der Waals surface area contributed by atoms with E-state index < -0.39 is 47.8 Å². The molecule has 32 heavy (non-hydrogen) atoms. The molecule has 1 aliphatic rings. The van der Waals surface area contributed by atoms with Crippen molar-refractivity contribution >= 4 is 35.7 Å². The molecule has 5 atom stereocenters. The van der Waals surface area contributed by atoms with E-state index in [1.54, 1.807) is 0 Å². The molecule has 1 fully saturated rings. The van der Waals surface area contributed by atoms with E-state index in [2.05, 4.69) is 10.0 Å². The lowest BCUT2D eigenvalue weighted by Gasteiger charge is -2.44. The van der Waals surface area contributed by atoms with Crippen LogP contribution in [0.15, 0.2) is 41.5 Å². The van der Waals surface area contributed by atoms with Crippen LogP contribution in [0.5, 0.6) is 0 Å². The molecule has 0 unspecified atom stereocenters. The monoisotopic (exact) mass is 463 g/mol. The van der Waals surface area contributed by atoms with Crippen molar-refractivity contribution in [3.8, 4) is 0 Å². The van der Waals surface area contributed by atoms with Crippen LogP contribution in [-0.4, -0.2) is 60.1 Å². The van der Waals surface area contributed by atoms with Gasteiger partial charge in [0.2, 0.25) is 0 Å². The van der Waals surface area contributed by atoms with Crippen LogP contribution < -0.4 is 0 Å². The zero-order valence-corrected chi connectivity index (χ0v) is 18.8. The maximum Gasteiger partial charge on any atom is 0.303 e. The van der Waals surface area contributed by atoms with Gasteiger partial charge < -0.3 is 18.9 Å². The molecular formula is C21H25N3O7S. The van der Waals surface area contributed by atoms with E-state index in [1.807, 2.05) is 42.5 Å². The standard InChI is InChI=1S/C21H25N3O7S/c1-13(25)28-18-17(12-23-24-22)31-21(20(30-15(3)27)19(18)29-14(2)26)32-11-7-10-16-8-5-4-6-9-16/h4-10,17-21H,11-12H2,1-3H3/t17-,18-,19+,20+,21-/m1/s1. The Kier molecular flexibility index (Phi) is 10.1. The predicted octanol–water partition coefficient (Wildman–Crippen LogP) is 3.26. The Morgan fingerprint density at radius 2 is 1.62 bits per heavy atom. The zero-order valence-electron chi connectivity index (χ0n) is 18.0. The van der Waals surface area contributed by atoms with Crippen molar-refractivity contribution in [2.45, 2.75) is 50.6 Å². The number of rotatable bonds is 9. The third kappa shape index (κ3) is 7.92. The van der Waals surface area contributed by atoms with Gasteiger partial charge in [-0.25, -0.2) is 0 Å². The first-order chi connectivity index (χ1) is 15.3. The van der Waals surface area contributed by atoms with E-state index in [0.29, 0.717) is 5.75 Å². The molecule has 0 spiro atoms. The summed E-state index contributed by atoms with van der Waals surface area (Å²) >= 11 is 1.30. The molecule has 1 heterocycles. The number of thioether (sulfide) groups is 1. The number of ether oxygens (including phenoxy) is 4. The highest BCUT2D eigenvalue weighted by Crippen LogP contribution is 2.34. The van der Waals surface area contributed by atoms with Crippen LogP contribution in [-0.2, 0) is 33.3 Å². The second-order valence-electron chi connectivity index (χ2n) is 6.82. The van der Waals surface area contributed by atoms with E-state index in [-0.39, 0.29) is 6.54 Å². The van der Waals surface area contributed by atoms with Crippen LogP contribution in [0, 0.1) is 0 Å². The number of carbonyl (C=O) groups excluding carboxylic acids is 3. The minimum absolute atomic E-state index is 0.171. The van der Waals surface area contributed by atoms with Crippen LogP contribution in [0.2, 0.25) is 0 Å². The molecule has 0 aromatic heterocycles. The highest BCUT2D eigenvalue weighted by molar-refractivity contribution is 7.99. The molecule has 0 bridgehead atoms. The Hall–Kier alpha value is -3.01. The molecule has 1 saturated heterocycles. The predicted molar refractivity (Wildman–Crippen MR) is 117 cm³/mol. The first-order valence-corrected chi connectivity index (χ1v) is 10.9. The third-order valence-corrected chi connectivity index (χ3v) is 5.38. The highest BCUT2D eigenvalue weighted by Gasteiger charge is 2.51. The van der Waals surface area contributed by atoms with Gasteiger partial charge in [0, 0.05) is 31.4 Å². The van der Waals surface area contributed by atoms with Gasteiger partial charge in [0.15, 0.2) is 18.3 Å². The molecule has 2 rings (SSSR count). The summed E-state index contributed by atoms with van der Waals surface area (Å²) in [6.45, 7) is 3.43. The van der Waals surface area contributed by atoms with Gasteiger partial charge in [-0.3, -0.25) is 14.4 Å². The molecule has 172 valence electrons. The Labute approximate surface area is 189 Å². The average Bonchev–Trinajstić information content (AvgIpc) is 2.73. The maximum absolute atomic E-state index is 11.8. The van der Waals surface area contributed by atoms with Gasteiger partial charge >= 0.3 is 17.9 Å². The van der Waals surface area contributed by atoms with E-state index in [9.17, 15) is 14.4 Å². The van der Waals surface area contributed by atoms with Gasteiger partial charge in [-0.05, 0) is 11.1 Å². The fourth-order valence-electron chi connectivity index (χ4n) is 3.15.